The molecule has 0 unspecified atom stereocenters. The standard InChI is InChI=1S/C14H18FN2.BrH/c1-3-8-16-9-10-17(12(16)2)11-13-4-6-14(15)7-5-13;/h4-7,9-10H,3,8,11H2,1-2H3;1H/q+1;/p-1. The fraction of sp³-hybridized carbons (Fsp3) is 0.357. The Balaban J connectivity index is 0.00000162. The molecule has 0 amide bonds. The van der Waals surface area contributed by atoms with E-state index in [9.17, 15) is 4.39 Å². The van der Waals surface area contributed by atoms with Gasteiger partial charge in [-0.3, -0.25) is 0 Å². The summed E-state index contributed by atoms with van der Waals surface area (Å²) < 4.78 is 17.2. The van der Waals surface area contributed by atoms with Gasteiger partial charge in [0.25, 0.3) is 5.82 Å². The lowest BCUT2D eigenvalue weighted by Crippen LogP contribution is -3.00. The Labute approximate surface area is 118 Å². The summed E-state index contributed by atoms with van der Waals surface area (Å²) in [5.74, 6) is 1.05. The summed E-state index contributed by atoms with van der Waals surface area (Å²) in [5, 5.41) is 0. The molecule has 2 aromatic rings. The van der Waals surface area contributed by atoms with E-state index in [2.05, 4.69) is 35.4 Å². The van der Waals surface area contributed by atoms with Gasteiger partial charge in [0.2, 0.25) is 0 Å². The fourth-order valence-electron chi connectivity index (χ4n) is 1.97. The molecule has 0 saturated carbocycles. The van der Waals surface area contributed by atoms with Crippen LogP contribution in [-0.2, 0) is 13.1 Å². The first-order chi connectivity index (χ1) is 8.20. The smallest absolute Gasteiger partial charge is 0.253 e. The molecular weight excluding hydrogens is 295 g/mol. The molecule has 0 saturated heterocycles. The van der Waals surface area contributed by atoms with Crippen molar-refractivity contribution in [3.63, 3.8) is 0 Å². The minimum atomic E-state index is -0.181. The largest absolute Gasteiger partial charge is 1.00 e. The third-order valence-electron chi connectivity index (χ3n) is 2.99. The van der Waals surface area contributed by atoms with Gasteiger partial charge in [0, 0.05) is 6.92 Å². The summed E-state index contributed by atoms with van der Waals surface area (Å²) in [5.41, 5.74) is 1.12. The van der Waals surface area contributed by atoms with Gasteiger partial charge in [0.15, 0.2) is 0 Å². The number of nitrogens with zero attached hydrogens (tertiary/aromatic N) is 2. The van der Waals surface area contributed by atoms with Gasteiger partial charge in [-0.1, -0.05) is 19.1 Å². The molecule has 1 aromatic carbocycles. The van der Waals surface area contributed by atoms with Gasteiger partial charge in [-0.2, -0.15) is 0 Å². The van der Waals surface area contributed by atoms with Crippen molar-refractivity contribution in [2.24, 2.45) is 0 Å². The summed E-state index contributed by atoms with van der Waals surface area (Å²) in [6, 6.07) is 6.68. The molecule has 4 heteroatoms. The minimum Gasteiger partial charge on any atom is -1.00 e. The summed E-state index contributed by atoms with van der Waals surface area (Å²) >= 11 is 0. The first-order valence-corrected chi connectivity index (χ1v) is 6.00. The predicted octanol–water partition coefficient (Wildman–Crippen LogP) is -0.315. The summed E-state index contributed by atoms with van der Waals surface area (Å²) in [6.07, 6.45) is 5.31. The van der Waals surface area contributed by atoms with E-state index in [4.69, 9.17) is 0 Å². The zero-order valence-corrected chi connectivity index (χ0v) is 12.3. The second-order valence-electron chi connectivity index (χ2n) is 4.29. The van der Waals surface area contributed by atoms with Crippen LogP contribution in [0.2, 0.25) is 0 Å². The van der Waals surface area contributed by atoms with Gasteiger partial charge in [0.05, 0.1) is 6.54 Å². The molecule has 18 heavy (non-hydrogen) atoms. The molecule has 0 fully saturated rings. The topological polar surface area (TPSA) is 8.81 Å². The molecule has 0 aliphatic rings. The minimum absolute atomic E-state index is 0. The van der Waals surface area contributed by atoms with Gasteiger partial charge in [-0.05, 0) is 24.1 Å². The van der Waals surface area contributed by atoms with Gasteiger partial charge in [-0.15, -0.1) is 0 Å². The third-order valence-corrected chi connectivity index (χ3v) is 2.99. The van der Waals surface area contributed by atoms with Crippen LogP contribution >= 0.6 is 0 Å². The molecule has 98 valence electrons. The number of rotatable bonds is 4. The van der Waals surface area contributed by atoms with Crippen LogP contribution in [-0.4, -0.2) is 4.57 Å². The maximum atomic E-state index is 12.8. The molecule has 0 radical (unpaired) electrons. The zero-order valence-electron chi connectivity index (χ0n) is 10.7. The molecule has 0 aliphatic carbocycles. The molecular formula is C14H18BrFN2. The molecule has 1 heterocycles. The van der Waals surface area contributed by atoms with E-state index >= 15 is 0 Å². The molecule has 1 aromatic heterocycles. The van der Waals surface area contributed by atoms with Crippen LogP contribution in [0.1, 0.15) is 24.7 Å². The Morgan fingerprint density at radius 1 is 1.22 bits per heavy atom. The number of hydrogen-bond donors (Lipinski definition) is 0. The molecule has 0 atom stereocenters. The number of aryl methyl sites for hydroxylation is 1. The van der Waals surface area contributed by atoms with Crippen LogP contribution in [0.15, 0.2) is 36.7 Å². The van der Waals surface area contributed by atoms with Crippen molar-refractivity contribution in [3.8, 4) is 0 Å². The van der Waals surface area contributed by atoms with E-state index in [1.165, 1.54) is 18.0 Å². The molecule has 0 N–H and O–H groups in total. The Morgan fingerprint density at radius 3 is 2.50 bits per heavy atom. The maximum absolute atomic E-state index is 12.8. The van der Waals surface area contributed by atoms with Crippen LogP contribution in [0.4, 0.5) is 4.39 Å². The highest BCUT2D eigenvalue weighted by atomic mass is 79.9. The van der Waals surface area contributed by atoms with Crippen molar-refractivity contribution in [2.75, 3.05) is 0 Å². The number of aromatic nitrogens is 2. The molecule has 0 bridgehead atoms. The average molecular weight is 313 g/mol. The lowest BCUT2D eigenvalue weighted by Gasteiger charge is -2.01. The van der Waals surface area contributed by atoms with E-state index in [0.29, 0.717) is 0 Å². The van der Waals surface area contributed by atoms with Gasteiger partial charge in [-0.25, -0.2) is 13.5 Å². The van der Waals surface area contributed by atoms with Gasteiger partial charge >= 0.3 is 0 Å². The van der Waals surface area contributed by atoms with Crippen molar-refractivity contribution in [2.45, 2.75) is 33.4 Å². The van der Waals surface area contributed by atoms with E-state index < -0.39 is 0 Å². The first-order valence-electron chi connectivity index (χ1n) is 6.00. The maximum Gasteiger partial charge on any atom is 0.253 e. The van der Waals surface area contributed by atoms with E-state index in [-0.39, 0.29) is 22.8 Å². The normalized spacial score (nSPS) is 10.2. The Morgan fingerprint density at radius 2 is 1.89 bits per heavy atom. The van der Waals surface area contributed by atoms with E-state index in [1.807, 2.05) is 12.1 Å². The molecule has 0 spiro atoms. The third kappa shape index (κ3) is 3.42. The number of hydrogen-bond acceptors (Lipinski definition) is 0. The highest BCUT2D eigenvalue weighted by Crippen LogP contribution is 2.03. The van der Waals surface area contributed by atoms with Crippen molar-refractivity contribution in [3.05, 3.63) is 53.9 Å². The summed E-state index contributed by atoms with van der Waals surface area (Å²) in [6.45, 7) is 6.12. The Hall–Kier alpha value is -1.16. The second-order valence-corrected chi connectivity index (χ2v) is 4.29. The zero-order chi connectivity index (χ0) is 12.3. The fourth-order valence-corrected chi connectivity index (χ4v) is 1.97. The quantitative estimate of drug-likeness (QED) is 0.685. The highest BCUT2D eigenvalue weighted by molar-refractivity contribution is 5.14. The summed E-state index contributed by atoms with van der Waals surface area (Å²) in [4.78, 5) is 0. The monoisotopic (exact) mass is 312 g/mol. The van der Waals surface area contributed by atoms with Crippen LogP contribution in [0.3, 0.4) is 0 Å². The highest BCUT2D eigenvalue weighted by Gasteiger charge is 2.11. The van der Waals surface area contributed by atoms with E-state index in [1.54, 1.807) is 0 Å². The molecule has 2 nitrogen and oxygen atoms in total. The van der Waals surface area contributed by atoms with Crippen LogP contribution in [0.25, 0.3) is 0 Å². The Kier molecular flexibility index (Phi) is 5.54. The van der Waals surface area contributed by atoms with Crippen molar-refractivity contribution >= 4 is 0 Å². The van der Waals surface area contributed by atoms with Crippen LogP contribution in [0.5, 0.6) is 0 Å². The van der Waals surface area contributed by atoms with Crippen LogP contribution in [0, 0.1) is 12.7 Å². The van der Waals surface area contributed by atoms with Crippen molar-refractivity contribution in [1.82, 2.24) is 4.57 Å². The van der Waals surface area contributed by atoms with Crippen LogP contribution < -0.4 is 21.5 Å². The predicted molar refractivity (Wildman–Crippen MR) is 65.2 cm³/mol. The van der Waals surface area contributed by atoms with Crippen molar-refractivity contribution < 1.29 is 25.9 Å². The van der Waals surface area contributed by atoms with Gasteiger partial charge in [0.1, 0.15) is 24.8 Å². The Bertz CT molecular complexity index is 491. The number of imidazole rings is 1. The second kappa shape index (κ2) is 6.69. The lowest BCUT2D eigenvalue weighted by atomic mass is 10.2. The SMILES string of the molecule is CCCn1cc[n+](Cc2ccc(F)cc2)c1C.[Br-]. The average Bonchev–Trinajstić information content (AvgIpc) is 2.65. The van der Waals surface area contributed by atoms with Gasteiger partial charge < -0.3 is 17.0 Å². The molecule has 2 rings (SSSR count). The number of halogens is 2. The summed E-state index contributed by atoms with van der Waals surface area (Å²) in [7, 11) is 0. The first kappa shape index (κ1) is 14.9. The van der Waals surface area contributed by atoms with Crippen molar-refractivity contribution in [1.29, 1.82) is 0 Å². The number of benzene rings is 1. The van der Waals surface area contributed by atoms with E-state index in [0.717, 1.165) is 25.1 Å². The lowest BCUT2D eigenvalue weighted by molar-refractivity contribution is -0.694. The molecule has 0 aliphatic heterocycles.